The molecule has 122 valence electrons. The molecule has 0 aliphatic carbocycles. The Balaban J connectivity index is 1.87. The molecular formula is C16H20N4O3. The summed E-state index contributed by atoms with van der Waals surface area (Å²) in [6, 6.07) is 8.57. The molecule has 0 bridgehead atoms. The molecule has 0 radical (unpaired) electrons. The van der Waals surface area contributed by atoms with E-state index in [1.165, 1.54) is 0 Å². The van der Waals surface area contributed by atoms with Gasteiger partial charge in [-0.1, -0.05) is 0 Å². The topological polar surface area (TPSA) is 85.2 Å². The van der Waals surface area contributed by atoms with Crippen molar-refractivity contribution in [1.82, 2.24) is 9.78 Å². The molecular weight excluding hydrogens is 296 g/mol. The zero-order valence-electron chi connectivity index (χ0n) is 13.4. The van der Waals surface area contributed by atoms with Crippen molar-refractivity contribution >= 4 is 23.4 Å². The number of esters is 1. The van der Waals surface area contributed by atoms with E-state index in [-0.39, 0.29) is 18.4 Å². The normalized spacial score (nSPS) is 10.2. The van der Waals surface area contributed by atoms with Crippen LogP contribution in [-0.2, 0) is 16.6 Å². The van der Waals surface area contributed by atoms with Gasteiger partial charge in [-0.2, -0.15) is 5.10 Å². The molecule has 23 heavy (non-hydrogen) atoms. The lowest BCUT2D eigenvalue weighted by Crippen LogP contribution is -2.23. The van der Waals surface area contributed by atoms with Crippen LogP contribution in [-0.4, -0.2) is 34.8 Å². The molecule has 0 aliphatic rings. The predicted molar refractivity (Wildman–Crippen MR) is 87.5 cm³/mol. The summed E-state index contributed by atoms with van der Waals surface area (Å²) < 4.78 is 6.53. The molecule has 0 atom stereocenters. The maximum Gasteiger partial charge on any atom is 0.338 e. The van der Waals surface area contributed by atoms with Crippen molar-refractivity contribution in [2.45, 2.75) is 13.8 Å². The number of aryl methyl sites for hydroxylation is 2. The van der Waals surface area contributed by atoms with Crippen LogP contribution in [0.15, 0.2) is 30.3 Å². The van der Waals surface area contributed by atoms with Crippen LogP contribution in [0.25, 0.3) is 0 Å². The number of aromatic nitrogens is 2. The number of carbonyl (C=O) groups excluding carboxylic acids is 2. The molecule has 0 saturated carbocycles. The molecule has 0 aliphatic heterocycles. The predicted octanol–water partition coefficient (Wildman–Crippen LogP) is 1.96. The van der Waals surface area contributed by atoms with E-state index in [2.05, 4.69) is 15.7 Å². The Kier molecular flexibility index (Phi) is 5.35. The maximum atomic E-state index is 11.9. The van der Waals surface area contributed by atoms with E-state index in [4.69, 9.17) is 4.74 Å². The number of ether oxygens (including phenoxy) is 1. The van der Waals surface area contributed by atoms with Crippen molar-refractivity contribution in [3.05, 3.63) is 41.6 Å². The monoisotopic (exact) mass is 316 g/mol. The zero-order valence-corrected chi connectivity index (χ0v) is 13.4. The summed E-state index contributed by atoms with van der Waals surface area (Å²) in [5, 5.41) is 9.93. The molecule has 7 nitrogen and oxygen atoms in total. The molecule has 0 spiro atoms. The summed E-state index contributed by atoms with van der Waals surface area (Å²) >= 11 is 0. The van der Waals surface area contributed by atoms with Crippen molar-refractivity contribution in [3.8, 4) is 0 Å². The summed E-state index contributed by atoms with van der Waals surface area (Å²) in [6.45, 7) is 4.07. The highest BCUT2D eigenvalue weighted by Gasteiger charge is 2.08. The summed E-state index contributed by atoms with van der Waals surface area (Å²) in [6.07, 6.45) is 0. The second kappa shape index (κ2) is 7.44. The van der Waals surface area contributed by atoms with Crippen LogP contribution in [0, 0.1) is 6.92 Å². The van der Waals surface area contributed by atoms with Crippen LogP contribution in [0.2, 0.25) is 0 Å². The number of benzene rings is 1. The molecule has 2 rings (SSSR count). The van der Waals surface area contributed by atoms with Gasteiger partial charge in [0, 0.05) is 18.8 Å². The number of rotatable bonds is 6. The maximum absolute atomic E-state index is 11.9. The van der Waals surface area contributed by atoms with Crippen molar-refractivity contribution in [3.63, 3.8) is 0 Å². The second-order valence-corrected chi connectivity index (χ2v) is 4.99. The molecule has 0 saturated heterocycles. The van der Waals surface area contributed by atoms with Gasteiger partial charge >= 0.3 is 5.97 Å². The first-order valence-corrected chi connectivity index (χ1v) is 7.31. The third-order valence-electron chi connectivity index (χ3n) is 3.12. The molecule has 0 unspecified atom stereocenters. The van der Waals surface area contributed by atoms with E-state index >= 15 is 0 Å². The fourth-order valence-electron chi connectivity index (χ4n) is 2.04. The Morgan fingerprint density at radius 2 is 1.96 bits per heavy atom. The molecule has 1 aromatic heterocycles. The lowest BCUT2D eigenvalue weighted by atomic mass is 10.2. The van der Waals surface area contributed by atoms with Gasteiger partial charge in [0.05, 0.1) is 24.4 Å². The number of hydrogen-bond acceptors (Lipinski definition) is 5. The zero-order chi connectivity index (χ0) is 16.8. The van der Waals surface area contributed by atoms with Crippen LogP contribution in [0.5, 0.6) is 0 Å². The van der Waals surface area contributed by atoms with Crippen LogP contribution >= 0.6 is 0 Å². The summed E-state index contributed by atoms with van der Waals surface area (Å²) in [5.74, 6) is 0.109. The highest BCUT2D eigenvalue weighted by atomic mass is 16.5. The van der Waals surface area contributed by atoms with E-state index in [1.54, 1.807) is 49.0 Å². The Hall–Kier alpha value is -2.83. The average Bonchev–Trinajstić information content (AvgIpc) is 2.83. The minimum Gasteiger partial charge on any atom is -0.462 e. The standard InChI is InChI=1S/C16H20N4O3/c1-4-23-16(22)12-5-7-13(8-6-12)17-10-15(21)18-14-9-11(2)19-20(14)3/h5-9,17H,4,10H2,1-3H3,(H,18,21). The van der Waals surface area contributed by atoms with Gasteiger partial charge in [0.1, 0.15) is 5.82 Å². The Bertz CT molecular complexity index is 692. The van der Waals surface area contributed by atoms with Gasteiger partial charge in [-0.15, -0.1) is 0 Å². The summed E-state index contributed by atoms with van der Waals surface area (Å²) in [5.41, 5.74) is 2.06. The van der Waals surface area contributed by atoms with Gasteiger partial charge < -0.3 is 15.4 Å². The van der Waals surface area contributed by atoms with Gasteiger partial charge in [-0.25, -0.2) is 4.79 Å². The molecule has 7 heteroatoms. The lowest BCUT2D eigenvalue weighted by molar-refractivity contribution is -0.114. The van der Waals surface area contributed by atoms with Crippen LogP contribution in [0.4, 0.5) is 11.5 Å². The third kappa shape index (κ3) is 4.57. The third-order valence-corrected chi connectivity index (χ3v) is 3.12. The first-order valence-electron chi connectivity index (χ1n) is 7.31. The van der Waals surface area contributed by atoms with Crippen molar-refractivity contribution in [2.24, 2.45) is 7.05 Å². The number of amides is 1. The number of nitrogens with one attached hydrogen (secondary N) is 2. The smallest absolute Gasteiger partial charge is 0.338 e. The van der Waals surface area contributed by atoms with Crippen LogP contribution in [0.3, 0.4) is 0 Å². The summed E-state index contributed by atoms with van der Waals surface area (Å²) in [7, 11) is 1.77. The van der Waals surface area contributed by atoms with E-state index in [9.17, 15) is 9.59 Å². The minimum atomic E-state index is -0.358. The molecule has 1 aromatic carbocycles. The van der Waals surface area contributed by atoms with E-state index in [0.29, 0.717) is 18.0 Å². The Morgan fingerprint density at radius 1 is 1.26 bits per heavy atom. The summed E-state index contributed by atoms with van der Waals surface area (Å²) in [4.78, 5) is 23.5. The largest absolute Gasteiger partial charge is 0.462 e. The fourth-order valence-corrected chi connectivity index (χ4v) is 2.04. The van der Waals surface area contributed by atoms with E-state index < -0.39 is 0 Å². The fraction of sp³-hybridized carbons (Fsp3) is 0.312. The molecule has 0 fully saturated rings. The Morgan fingerprint density at radius 3 is 2.52 bits per heavy atom. The lowest BCUT2D eigenvalue weighted by Gasteiger charge is -2.08. The number of nitrogens with zero attached hydrogens (tertiary/aromatic N) is 2. The number of carbonyl (C=O) groups is 2. The SMILES string of the molecule is CCOC(=O)c1ccc(NCC(=O)Nc2cc(C)nn2C)cc1. The first kappa shape index (κ1) is 16.5. The first-order chi connectivity index (χ1) is 11.0. The molecule has 2 N–H and O–H groups in total. The van der Waals surface area contributed by atoms with Crippen LogP contribution in [0.1, 0.15) is 23.0 Å². The Labute approximate surface area is 134 Å². The second-order valence-electron chi connectivity index (χ2n) is 4.99. The minimum absolute atomic E-state index is 0.114. The molecule has 1 heterocycles. The highest BCUT2D eigenvalue weighted by molar-refractivity contribution is 5.93. The number of hydrogen-bond donors (Lipinski definition) is 2. The van der Waals surface area contributed by atoms with Crippen LogP contribution < -0.4 is 10.6 Å². The quantitative estimate of drug-likeness (QED) is 0.796. The van der Waals surface area contributed by atoms with E-state index in [1.807, 2.05) is 6.92 Å². The molecule has 2 aromatic rings. The van der Waals surface area contributed by atoms with Gasteiger partial charge in [-0.05, 0) is 38.1 Å². The van der Waals surface area contributed by atoms with Crippen molar-refractivity contribution in [2.75, 3.05) is 23.8 Å². The molecule has 1 amide bonds. The van der Waals surface area contributed by atoms with Crippen molar-refractivity contribution < 1.29 is 14.3 Å². The van der Waals surface area contributed by atoms with E-state index in [0.717, 1.165) is 11.4 Å². The van der Waals surface area contributed by atoms with Gasteiger partial charge in [0.25, 0.3) is 0 Å². The number of anilines is 2. The van der Waals surface area contributed by atoms with Gasteiger partial charge in [0.2, 0.25) is 5.91 Å². The van der Waals surface area contributed by atoms with Crippen molar-refractivity contribution in [1.29, 1.82) is 0 Å². The average molecular weight is 316 g/mol. The van der Waals surface area contributed by atoms with Gasteiger partial charge in [-0.3, -0.25) is 9.48 Å². The van der Waals surface area contributed by atoms with Gasteiger partial charge in [0.15, 0.2) is 0 Å². The highest BCUT2D eigenvalue weighted by Crippen LogP contribution is 2.11.